The summed E-state index contributed by atoms with van der Waals surface area (Å²) >= 11 is 6.58. The normalized spacial score (nSPS) is 11.8. The highest BCUT2D eigenvalue weighted by atomic mass is 35.5. The van der Waals surface area contributed by atoms with E-state index >= 15 is 0 Å². The van der Waals surface area contributed by atoms with Gasteiger partial charge < -0.3 is 10.8 Å². The van der Waals surface area contributed by atoms with Crippen molar-refractivity contribution in [2.24, 2.45) is 10.9 Å². The Hall–Kier alpha value is -2.40. The molecule has 0 spiro atoms. The average molecular weight is 400 g/mol. The quantitative estimate of drug-likeness (QED) is 0.575. The molecule has 0 atom stereocenters. The van der Waals surface area contributed by atoms with Gasteiger partial charge in [0.25, 0.3) is 0 Å². The van der Waals surface area contributed by atoms with E-state index in [2.05, 4.69) is 0 Å². The van der Waals surface area contributed by atoms with Gasteiger partial charge >= 0.3 is 6.03 Å². The summed E-state index contributed by atoms with van der Waals surface area (Å²) in [5.74, 6) is -1.34. The monoisotopic (exact) mass is 399 g/mol. The van der Waals surface area contributed by atoms with Gasteiger partial charge in [-0.15, -0.1) is 11.3 Å². The third kappa shape index (κ3) is 2.89. The van der Waals surface area contributed by atoms with Crippen molar-refractivity contribution in [1.29, 1.82) is 0 Å². The highest BCUT2D eigenvalue weighted by Crippen LogP contribution is 2.35. The third-order valence-electron chi connectivity index (χ3n) is 3.44. The number of benzene rings is 1. The molecule has 2 aromatic heterocycles. The average Bonchev–Trinajstić information content (AvgIpc) is 3.08. The number of amides is 1. The first-order chi connectivity index (χ1) is 11.6. The lowest BCUT2D eigenvalue weighted by Crippen LogP contribution is -2.18. The molecule has 0 bridgehead atoms. The number of sulfonamides is 1. The summed E-state index contributed by atoms with van der Waals surface area (Å²) in [6, 6.07) is 5.77. The number of hydrogen-bond acceptors (Lipinski definition) is 6. The fourth-order valence-corrected chi connectivity index (χ4v) is 4.26. The van der Waals surface area contributed by atoms with E-state index in [-0.39, 0.29) is 30.6 Å². The Labute approximate surface area is 150 Å². The first-order valence-electron chi connectivity index (χ1n) is 6.61. The highest BCUT2D eigenvalue weighted by Gasteiger charge is 2.27. The van der Waals surface area contributed by atoms with Crippen LogP contribution in [0.1, 0.15) is 15.2 Å². The number of thiophene rings is 1. The molecule has 130 valence electrons. The second-order valence-electron chi connectivity index (χ2n) is 5.03. The van der Waals surface area contributed by atoms with E-state index in [1.54, 1.807) is 0 Å². The molecule has 0 aliphatic rings. The van der Waals surface area contributed by atoms with Crippen LogP contribution in [0.15, 0.2) is 34.5 Å². The van der Waals surface area contributed by atoms with Gasteiger partial charge in [0, 0.05) is 10.4 Å². The van der Waals surface area contributed by atoms with Crippen LogP contribution in [0, 0.1) is 0 Å². The van der Waals surface area contributed by atoms with Crippen molar-refractivity contribution >= 4 is 55.7 Å². The number of nitrogens with zero attached hydrogens (tertiary/aromatic N) is 1. The van der Waals surface area contributed by atoms with E-state index in [0.717, 1.165) is 4.57 Å². The molecule has 11 heteroatoms. The number of primary sulfonamides is 1. The number of aromatic nitrogens is 1. The fraction of sp³-hybridized carbons (Fsp3) is 0. The van der Waals surface area contributed by atoms with Crippen molar-refractivity contribution in [2.45, 2.75) is 4.21 Å². The van der Waals surface area contributed by atoms with Crippen LogP contribution in [-0.4, -0.2) is 29.9 Å². The van der Waals surface area contributed by atoms with Crippen LogP contribution in [0.5, 0.6) is 5.88 Å². The minimum absolute atomic E-state index is 0.0165. The zero-order chi connectivity index (χ0) is 18.5. The fourth-order valence-electron chi connectivity index (χ4n) is 2.42. The summed E-state index contributed by atoms with van der Waals surface area (Å²) < 4.78 is 23.3. The van der Waals surface area contributed by atoms with Crippen LogP contribution in [0.25, 0.3) is 10.9 Å². The van der Waals surface area contributed by atoms with E-state index < -0.39 is 27.7 Å². The molecule has 1 aromatic carbocycles. The van der Waals surface area contributed by atoms with Crippen molar-refractivity contribution in [3.8, 4) is 5.88 Å². The molecule has 25 heavy (non-hydrogen) atoms. The van der Waals surface area contributed by atoms with Gasteiger partial charge in [0.05, 0.1) is 16.0 Å². The Bertz CT molecular complexity index is 1150. The molecule has 2 heterocycles. The molecule has 0 saturated carbocycles. The standard InChI is InChI=1S/C14H10ClN3O5S2/c15-6-1-2-8-7(5-6)11(13(20)18(8)14(16)21)12(19)9-3-4-10(24-9)25(17,22)23/h1-5,20H,(H2,16,21)(H2,17,22,23). The minimum Gasteiger partial charge on any atom is -0.494 e. The SMILES string of the molecule is NC(=O)n1c(O)c(C(=O)c2ccc(S(N)(=O)=O)s2)c2cc(Cl)ccc21. The molecule has 5 N–H and O–H groups in total. The highest BCUT2D eigenvalue weighted by molar-refractivity contribution is 7.91. The van der Waals surface area contributed by atoms with Gasteiger partial charge in [-0.05, 0) is 30.3 Å². The van der Waals surface area contributed by atoms with Gasteiger partial charge in [0.15, 0.2) is 0 Å². The molecule has 8 nitrogen and oxygen atoms in total. The predicted molar refractivity (Wildman–Crippen MR) is 92.7 cm³/mol. The number of halogens is 1. The zero-order valence-corrected chi connectivity index (χ0v) is 14.7. The summed E-state index contributed by atoms with van der Waals surface area (Å²) in [5, 5.41) is 15.8. The first kappa shape index (κ1) is 17.4. The van der Waals surface area contributed by atoms with Gasteiger partial charge in [-0.25, -0.2) is 22.9 Å². The second kappa shape index (κ2) is 5.85. The van der Waals surface area contributed by atoms with Crippen LogP contribution >= 0.6 is 22.9 Å². The number of carbonyl (C=O) groups excluding carboxylic acids is 2. The molecule has 0 radical (unpaired) electrons. The summed E-state index contributed by atoms with van der Waals surface area (Å²) in [6.07, 6.45) is 0. The van der Waals surface area contributed by atoms with Gasteiger partial charge in [0.1, 0.15) is 4.21 Å². The largest absolute Gasteiger partial charge is 0.494 e. The minimum atomic E-state index is -3.96. The van der Waals surface area contributed by atoms with Gasteiger partial charge in [-0.3, -0.25) is 4.79 Å². The van der Waals surface area contributed by atoms with Crippen molar-refractivity contribution < 1.29 is 23.1 Å². The number of nitrogens with two attached hydrogens (primary N) is 2. The maximum Gasteiger partial charge on any atom is 0.326 e. The molecular weight excluding hydrogens is 390 g/mol. The predicted octanol–water partition coefficient (Wildman–Crippen LogP) is 1.87. The number of carbonyl (C=O) groups is 2. The zero-order valence-electron chi connectivity index (χ0n) is 12.3. The lowest BCUT2D eigenvalue weighted by atomic mass is 10.1. The van der Waals surface area contributed by atoms with Crippen LogP contribution in [0.2, 0.25) is 5.02 Å². The van der Waals surface area contributed by atoms with Crippen molar-refractivity contribution in [1.82, 2.24) is 4.57 Å². The molecule has 0 fully saturated rings. The molecule has 0 unspecified atom stereocenters. The molecular formula is C14H10ClN3O5S2. The Morgan fingerprint density at radius 3 is 2.44 bits per heavy atom. The van der Waals surface area contributed by atoms with Gasteiger partial charge in [-0.2, -0.15) is 0 Å². The molecule has 3 rings (SSSR count). The Morgan fingerprint density at radius 1 is 1.20 bits per heavy atom. The van der Waals surface area contributed by atoms with E-state index in [1.165, 1.54) is 30.3 Å². The van der Waals surface area contributed by atoms with Crippen LogP contribution in [-0.2, 0) is 10.0 Å². The number of aromatic hydroxyl groups is 1. The third-order valence-corrected chi connectivity index (χ3v) is 6.19. The molecule has 1 amide bonds. The van der Waals surface area contributed by atoms with Crippen molar-refractivity contribution in [3.05, 3.63) is 45.8 Å². The lowest BCUT2D eigenvalue weighted by Gasteiger charge is -2.00. The number of ketones is 1. The van der Waals surface area contributed by atoms with Crippen molar-refractivity contribution in [2.75, 3.05) is 0 Å². The van der Waals surface area contributed by atoms with E-state index in [9.17, 15) is 23.1 Å². The summed E-state index contributed by atoms with van der Waals surface area (Å²) in [6.45, 7) is 0. The molecule has 0 saturated heterocycles. The van der Waals surface area contributed by atoms with Gasteiger partial charge in [-0.1, -0.05) is 11.6 Å². The Morgan fingerprint density at radius 2 is 1.88 bits per heavy atom. The number of hydrogen-bond donors (Lipinski definition) is 3. The van der Waals surface area contributed by atoms with Crippen molar-refractivity contribution in [3.63, 3.8) is 0 Å². The lowest BCUT2D eigenvalue weighted by molar-refractivity contribution is 0.104. The topological polar surface area (TPSA) is 145 Å². The smallest absolute Gasteiger partial charge is 0.326 e. The van der Waals surface area contributed by atoms with Gasteiger partial charge in [0.2, 0.25) is 21.7 Å². The van der Waals surface area contributed by atoms with E-state index in [0.29, 0.717) is 11.3 Å². The summed E-state index contributed by atoms with van der Waals surface area (Å²) in [7, 11) is -3.96. The number of fused-ring (bicyclic) bond motifs is 1. The maximum atomic E-state index is 12.8. The second-order valence-corrected chi connectivity index (χ2v) is 8.34. The Balaban J connectivity index is 2.26. The van der Waals surface area contributed by atoms with E-state index in [1.807, 2.05) is 0 Å². The van der Waals surface area contributed by atoms with Crippen LogP contribution < -0.4 is 10.9 Å². The van der Waals surface area contributed by atoms with Crippen LogP contribution in [0.3, 0.4) is 0 Å². The first-order valence-corrected chi connectivity index (χ1v) is 9.35. The molecule has 0 aliphatic heterocycles. The molecule has 0 aliphatic carbocycles. The summed E-state index contributed by atoms with van der Waals surface area (Å²) in [4.78, 5) is 24.4. The number of rotatable bonds is 3. The number of primary amides is 1. The maximum absolute atomic E-state index is 12.8. The molecule has 3 aromatic rings. The van der Waals surface area contributed by atoms with E-state index in [4.69, 9.17) is 22.5 Å². The van der Waals surface area contributed by atoms with Crippen LogP contribution in [0.4, 0.5) is 4.79 Å². The summed E-state index contributed by atoms with van der Waals surface area (Å²) in [5.41, 5.74) is 5.24. The Kier molecular flexibility index (Phi) is 4.07.